The highest BCUT2D eigenvalue weighted by Crippen LogP contribution is 2.29. The van der Waals surface area contributed by atoms with Crippen LogP contribution in [-0.2, 0) is 13.0 Å². The Labute approximate surface area is 172 Å². The van der Waals surface area contributed by atoms with Crippen LogP contribution in [0.1, 0.15) is 24.0 Å². The second kappa shape index (κ2) is 11.0. The van der Waals surface area contributed by atoms with E-state index in [0.717, 1.165) is 37.0 Å². The van der Waals surface area contributed by atoms with Crippen LogP contribution in [0.15, 0.2) is 53.7 Å². The molecule has 3 rings (SSSR count). The Bertz CT molecular complexity index is 672. The SMILES string of the molecule is CN=C(NCCc1ccccc1)NCc1ccc(OCC2CC2)nc1.I. The third-order valence-electron chi connectivity index (χ3n) is 4.19. The second-order valence-electron chi connectivity index (χ2n) is 6.35. The fourth-order valence-electron chi connectivity index (χ4n) is 2.46. The molecule has 140 valence electrons. The number of nitrogens with one attached hydrogen (secondary N) is 2. The molecule has 1 aromatic carbocycles. The maximum atomic E-state index is 5.66. The van der Waals surface area contributed by atoms with Crippen molar-refractivity contribution in [1.29, 1.82) is 0 Å². The van der Waals surface area contributed by atoms with Crippen molar-refractivity contribution in [2.75, 3.05) is 20.2 Å². The van der Waals surface area contributed by atoms with E-state index in [4.69, 9.17) is 4.74 Å². The average Bonchev–Trinajstić information content (AvgIpc) is 3.49. The van der Waals surface area contributed by atoms with Crippen LogP contribution in [-0.4, -0.2) is 31.1 Å². The van der Waals surface area contributed by atoms with E-state index in [1.165, 1.54) is 18.4 Å². The smallest absolute Gasteiger partial charge is 0.213 e. The van der Waals surface area contributed by atoms with Crippen LogP contribution in [0, 0.1) is 5.92 Å². The highest BCUT2D eigenvalue weighted by Gasteiger charge is 2.21. The highest BCUT2D eigenvalue weighted by atomic mass is 127. The average molecular weight is 466 g/mol. The Morgan fingerprint density at radius 1 is 1.12 bits per heavy atom. The van der Waals surface area contributed by atoms with E-state index in [9.17, 15) is 0 Å². The molecule has 0 radical (unpaired) electrons. The van der Waals surface area contributed by atoms with Gasteiger partial charge < -0.3 is 15.4 Å². The van der Waals surface area contributed by atoms with Crippen LogP contribution in [0.4, 0.5) is 0 Å². The molecule has 1 saturated carbocycles. The molecular formula is C20H27IN4O. The van der Waals surface area contributed by atoms with Crippen molar-refractivity contribution >= 4 is 29.9 Å². The number of halogens is 1. The van der Waals surface area contributed by atoms with Gasteiger partial charge in [0, 0.05) is 32.4 Å². The molecule has 2 N–H and O–H groups in total. The Hall–Kier alpha value is -1.83. The molecule has 0 spiro atoms. The number of pyridine rings is 1. The van der Waals surface area contributed by atoms with Gasteiger partial charge in [0.2, 0.25) is 5.88 Å². The maximum absolute atomic E-state index is 5.66. The van der Waals surface area contributed by atoms with Gasteiger partial charge in [0.15, 0.2) is 5.96 Å². The molecule has 0 saturated heterocycles. The van der Waals surface area contributed by atoms with E-state index in [2.05, 4.69) is 44.9 Å². The molecule has 26 heavy (non-hydrogen) atoms. The quantitative estimate of drug-likeness (QED) is 0.356. The summed E-state index contributed by atoms with van der Waals surface area (Å²) in [6.45, 7) is 2.32. The van der Waals surface area contributed by atoms with Gasteiger partial charge in [-0.15, -0.1) is 24.0 Å². The zero-order valence-electron chi connectivity index (χ0n) is 15.1. The lowest BCUT2D eigenvalue weighted by molar-refractivity contribution is 0.288. The summed E-state index contributed by atoms with van der Waals surface area (Å²) in [7, 11) is 1.78. The molecule has 1 aliphatic carbocycles. The predicted molar refractivity (Wildman–Crippen MR) is 116 cm³/mol. The Kier molecular flexibility index (Phi) is 8.67. The van der Waals surface area contributed by atoms with Crippen LogP contribution in [0.3, 0.4) is 0 Å². The minimum absolute atomic E-state index is 0. The zero-order valence-corrected chi connectivity index (χ0v) is 17.5. The van der Waals surface area contributed by atoms with Crippen LogP contribution in [0.25, 0.3) is 0 Å². The molecule has 0 aliphatic heterocycles. The van der Waals surface area contributed by atoms with Crippen molar-refractivity contribution < 1.29 is 4.74 Å². The van der Waals surface area contributed by atoms with E-state index < -0.39 is 0 Å². The second-order valence-corrected chi connectivity index (χ2v) is 6.35. The number of ether oxygens (including phenoxy) is 1. The first-order chi connectivity index (χ1) is 12.3. The molecule has 1 heterocycles. The van der Waals surface area contributed by atoms with Crippen molar-refractivity contribution in [2.24, 2.45) is 10.9 Å². The van der Waals surface area contributed by atoms with Crippen molar-refractivity contribution in [3.8, 4) is 5.88 Å². The molecule has 0 atom stereocenters. The molecular weight excluding hydrogens is 439 g/mol. The summed E-state index contributed by atoms with van der Waals surface area (Å²) in [5.41, 5.74) is 2.42. The van der Waals surface area contributed by atoms with E-state index >= 15 is 0 Å². The summed E-state index contributed by atoms with van der Waals surface area (Å²) < 4.78 is 5.66. The maximum Gasteiger partial charge on any atom is 0.213 e. The van der Waals surface area contributed by atoms with E-state index in [1.54, 1.807) is 7.05 Å². The van der Waals surface area contributed by atoms with Crippen LogP contribution >= 0.6 is 24.0 Å². The van der Waals surface area contributed by atoms with E-state index in [0.29, 0.717) is 12.4 Å². The van der Waals surface area contributed by atoms with Gasteiger partial charge in [0.25, 0.3) is 0 Å². The molecule has 5 nitrogen and oxygen atoms in total. The summed E-state index contributed by atoms with van der Waals surface area (Å²) in [5, 5.41) is 6.64. The zero-order chi connectivity index (χ0) is 17.3. The number of hydrogen-bond acceptors (Lipinski definition) is 3. The third-order valence-corrected chi connectivity index (χ3v) is 4.19. The number of aromatic nitrogens is 1. The van der Waals surface area contributed by atoms with E-state index in [1.807, 2.05) is 24.4 Å². The largest absolute Gasteiger partial charge is 0.477 e. The first kappa shape index (κ1) is 20.5. The molecule has 1 aromatic heterocycles. The number of hydrogen-bond donors (Lipinski definition) is 2. The lowest BCUT2D eigenvalue weighted by atomic mass is 10.1. The lowest BCUT2D eigenvalue weighted by Gasteiger charge is -2.12. The fourth-order valence-corrected chi connectivity index (χ4v) is 2.46. The van der Waals surface area contributed by atoms with Crippen LogP contribution < -0.4 is 15.4 Å². The fraction of sp³-hybridized carbons (Fsp3) is 0.400. The van der Waals surface area contributed by atoms with Gasteiger partial charge in [0.1, 0.15) is 0 Å². The molecule has 0 bridgehead atoms. The van der Waals surface area contributed by atoms with Gasteiger partial charge in [-0.25, -0.2) is 4.98 Å². The van der Waals surface area contributed by atoms with Crippen molar-refractivity contribution in [3.63, 3.8) is 0 Å². The van der Waals surface area contributed by atoms with Gasteiger partial charge in [-0.2, -0.15) is 0 Å². The molecule has 1 aliphatic rings. The van der Waals surface area contributed by atoms with Gasteiger partial charge >= 0.3 is 0 Å². The molecule has 6 heteroatoms. The summed E-state index contributed by atoms with van der Waals surface area (Å²) in [6.07, 6.45) is 5.40. The number of aliphatic imine (C=N–C) groups is 1. The van der Waals surface area contributed by atoms with Gasteiger partial charge in [-0.1, -0.05) is 36.4 Å². The van der Waals surface area contributed by atoms with E-state index in [-0.39, 0.29) is 24.0 Å². The highest BCUT2D eigenvalue weighted by molar-refractivity contribution is 14.0. The first-order valence-corrected chi connectivity index (χ1v) is 8.89. The molecule has 2 aromatic rings. The van der Waals surface area contributed by atoms with Crippen LogP contribution in [0.2, 0.25) is 0 Å². The normalized spacial score (nSPS) is 13.7. The number of nitrogens with zero attached hydrogens (tertiary/aromatic N) is 2. The molecule has 1 fully saturated rings. The molecule has 0 unspecified atom stereocenters. The van der Waals surface area contributed by atoms with Crippen molar-refractivity contribution in [1.82, 2.24) is 15.6 Å². The third kappa shape index (κ3) is 7.19. The topological polar surface area (TPSA) is 58.5 Å². The lowest BCUT2D eigenvalue weighted by Crippen LogP contribution is -2.37. The number of rotatable bonds is 8. The van der Waals surface area contributed by atoms with Crippen molar-refractivity contribution in [3.05, 3.63) is 59.8 Å². The summed E-state index contributed by atoms with van der Waals surface area (Å²) >= 11 is 0. The molecule has 0 amide bonds. The minimum atomic E-state index is 0. The summed E-state index contributed by atoms with van der Waals surface area (Å²) in [5.74, 6) is 2.25. The van der Waals surface area contributed by atoms with Gasteiger partial charge in [0.05, 0.1) is 6.61 Å². The Balaban J connectivity index is 0.00000243. The summed E-state index contributed by atoms with van der Waals surface area (Å²) in [6, 6.07) is 14.4. The Morgan fingerprint density at radius 3 is 2.58 bits per heavy atom. The van der Waals surface area contributed by atoms with Gasteiger partial charge in [-0.3, -0.25) is 4.99 Å². The minimum Gasteiger partial charge on any atom is -0.477 e. The monoisotopic (exact) mass is 466 g/mol. The first-order valence-electron chi connectivity index (χ1n) is 8.89. The number of benzene rings is 1. The number of guanidine groups is 1. The summed E-state index contributed by atoms with van der Waals surface area (Å²) in [4.78, 5) is 8.62. The Morgan fingerprint density at radius 2 is 1.92 bits per heavy atom. The van der Waals surface area contributed by atoms with Crippen LogP contribution in [0.5, 0.6) is 5.88 Å². The standard InChI is InChI=1S/C20H26N4O.HI/c1-21-20(22-12-11-16-5-3-2-4-6-16)24-14-18-9-10-19(23-13-18)25-15-17-7-8-17;/h2-6,9-10,13,17H,7-8,11-12,14-15H2,1H3,(H2,21,22,24);1H. The van der Waals surface area contributed by atoms with Crippen molar-refractivity contribution in [2.45, 2.75) is 25.8 Å². The van der Waals surface area contributed by atoms with Gasteiger partial charge in [-0.05, 0) is 36.3 Å². The predicted octanol–water partition coefficient (Wildman–Crippen LogP) is 3.40.